The average molecular weight is 393 g/mol. The van der Waals surface area contributed by atoms with E-state index in [2.05, 4.69) is 58.0 Å². The molecule has 148 valence electrons. The zero-order valence-electron chi connectivity index (χ0n) is 17.2. The number of imidazole rings is 2. The number of hydrogen-bond donors (Lipinski definition) is 0. The minimum Gasteiger partial charge on any atom is -0.334 e. The van der Waals surface area contributed by atoms with Gasteiger partial charge >= 0.3 is 0 Å². The minimum absolute atomic E-state index is 0.995. The molecule has 0 saturated carbocycles. The number of hydrogen-bond acceptors (Lipinski definition) is 2. The van der Waals surface area contributed by atoms with Gasteiger partial charge in [0.05, 0.1) is 30.1 Å². The van der Waals surface area contributed by atoms with Crippen LogP contribution in [0.25, 0.3) is 33.9 Å². The van der Waals surface area contributed by atoms with Gasteiger partial charge in [0.1, 0.15) is 5.82 Å². The van der Waals surface area contributed by atoms with Crippen molar-refractivity contribution < 1.29 is 0 Å². The Kier molecular flexibility index (Phi) is 5.85. The molecule has 0 N–H and O–H groups in total. The Hall–Kier alpha value is -3.92. The summed E-state index contributed by atoms with van der Waals surface area (Å²) in [5.41, 5.74) is 5.82. The highest BCUT2D eigenvalue weighted by molar-refractivity contribution is 5.65. The van der Waals surface area contributed by atoms with Gasteiger partial charge in [-0.15, -0.1) is 0 Å². The first-order valence-electron chi connectivity index (χ1n) is 9.88. The fourth-order valence-electron chi connectivity index (χ4n) is 3.39. The smallest absolute Gasteiger partial charge is 0.140 e. The molecule has 0 atom stereocenters. The molecule has 0 fully saturated rings. The number of aryl methyl sites for hydroxylation is 1. The van der Waals surface area contributed by atoms with Gasteiger partial charge in [0.15, 0.2) is 0 Å². The molecule has 0 aliphatic heterocycles. The molecule has 3 aromatic carbocycles. The first-order valence-corrected chi connectivity index (χ1v) is 9.88. The molecule has 0 amide bonds. The van der Waals surface area contributed by atoms with E-state index < -0.39 is 0 Å². The van der Waals surface area contributed by atoms with Crippen molar-refractivity contribution in [2.75, 3.05) is 0 Å². The lowest BCUT2D eigenvalue weighted by Gasteiger charge is -2.06. The fraction of sp³-hybridized carbons (Fsp3) is 0.0769. The number of rotatable bonds is 3. The second kappa shape index (κ2) is 9.05. The lowest BCUT2D eigenvalue weighted by atomic mass is 10.1. The molecule has 2 aromatic heterocycles. The zero-order valence-corrected chi connectivity index (χ0v) is 17.2. The number of aromatic nitrogens is 4. The van der Waals surface area contributed by atoms with Crippen LogP contribution in [-0.2, 0) is 14.1 Å². The summed E-state index contributed by atoms with van der Waals surface area (Å²) < 4.78 is 4.14. The van der Waals surface area contributed by atoms with Crippen LogP contribution in [-0.4, -0.2) is 19.1 Å². The van der Waals surface area contributed by atoms with E-state index in [9.17, 15) is 0 Å². The molecule has 0 saturated heterocycles. The fourth-order valence-corrected chi connectivity index (χ4v) is 3.39. The first kappa shape index (κ1) is 19.4. The van der Waals surface area contributed by atoms with Gasteiger partial charge in [0, 0.05) is 19.7 Å². The normalized spacial score (nSPS) is 10.3. The SMILES string of the molecule is Cn1c(-c2ccccc2)cnc1-c1ccccc1.Cn1cncc1-c1ccccc1. The van der Waals surface area contributed by atoms with Crippen LogP contribution in [0.3, 0.4) is 0 Å². The van der Waals surface area contributed by atoms with E-state index in [4.69, 9.17) is 0 Å². The quantitative estimate of drug-likeness (QED) is 0.387. The third kappa shape index (κ3) is 4.23. The Bertz CT molecular complexity index is 1130. The molecule has 0 spiro atoms. The van der Waals surface area contributed by atoms with E-state index in [-0.39, 0.29) is 0 Å². The van der Waals surface area contributed by atoms with Crippen molar-refractivity contribution in [1.29, 1.82) is 0 Å². The van der Waals surface area contributed by atoms with Crippen LogP contribution in [0.4, 0.5) is 0 Å². The summed E-state index contributed by atoms with van der Waals surface area (Å²) in [5.74, 6) is 0.995. The summed E-state index contributed by atoms with van der Waals surface area (Å²) >= 11 is 0. The zero-order chi connectivity index (χ0) is 20.8. The number of nitrogens with zero attached hydrogens (tertiary/aromatic N) is 4. The molecule has 0 radical (unpaired) electrons. The molecule has 0 aliphatic rings. The highest BCUT2D eigenvalue weighted by Crippen LogP contribution is 2.24. The summed E-state index contributed by atoms with van der Waals surface area (Å²) in [4.78, 5) is 8.59. The van der Waals surface area contributed by atoms with E-state index in [1.54, 1.807) is 0 Å². The maximum absolute atomic E-state index is 4.53. The van der Waals surface area contributed by atoms with Gasteiger partial charge in [0.2, 0.25) is 0 Å². The molecule has 5 aromatic rings. The molecular weight excluding hydrogens is 368 g/mol. The molecule has 30 heavy (non-hydrogen) atoms. The van der Waals surface area contributed by atoms with Gasteiger partial charge in [-0.05, 0) is 11.1 Å². The first-order chi connectivity index (χ1) is 14.7. The van der Waals surface area contributed by atoms with E-state index in [0.717, 1.165) is 22.8 Å². The molecule has 4 heteroatoms. The highest BCUT2D eigenvalue weighted by atomic mass is 15.1. The van der Waals surface area contributed by atoms with Crippen molar-refractivity contribution >= 4 is 0 Å². The van der Waals surface area contributed by atoms with E-state index >= 15 is 0 Å². The predicted octanol–water partition coefficient (Wildman–Crippen LogP) is 5.84. The Morgan fingerprint density at radius 1 is 0.567 bits per heavy atom. The molecular formula is C26H24N4. The third-order valence-corrected chi connectivity index (χ3v) is 4.98. The van der Waals surface area contributed by atoms with E-state index in [0.29, 0.717) is 0 Å². The van der Waals surface area contributed by atoms with Gasteiger partial charge in [-0.2, -0.15) is 0 Å². The lowest BCUT2D eigenvalue weighted by molar-refractivity contribution is 0.921. The number of benzene rings is 3. The van der Waals surface area contributed by atoms with Gasteiger partial charge in [-0.1, -0.05) is 91.0 Å². The van der Waals surface area contributed by atoms with Gasteiger partial charge in [-0.3, -0.25) is 0 Å². The largest absolute Gasteiger partial charge is 0.334 e. The topological polar surface area (TPSA) is 35.6 Å². The summed E-state index contributed by atoms with van der Waals surface area (Å²) in [7, 11) is 4.05. The van der Waals surface area contributed by atoms with Crippen molar-refractivity contribution in [3.63, 3.8) is 0 Å². The van der Waals surface area contributed by atoms with E-state index in [1.807, 2.05) is 84.9 Å². The second-order valence-corrected chi connectivity index (χ2v) is 7.01. The summed E-state index contributed by atoms with van der Waals surface area (Å²) in [6.45, 7) is 0. The minimum atomic E-state index is 0.995. The van der Waals surface area contributed by atoms with Crippen molar-refractivity contribution in [3.8, 4) is 33.9 Å². The van der Waals surface area contributed by atoms with Crippen LogP contribution in [0.5, 0.6) is 0 Å². The summed E-state index contributed by atoms with van der Waals surface area (Å²) in [6, 6.07) is 30.8. The van der Waals surface area contributed by atoms with Crippen molar-refractivity contribution in [2.24, 2.45) is 14.1 Å². The third-order valence-electron chi connectivity index (χ3n) is 4.98. The van der Waals surface area contributed by atoms with Crippen LogP contribution in [0.1, 0.15) is 0 Å². The maximum Gasteiger partial charge on any atom is 0.140 e. The van der Waals surface area contributed by atoms with E-state index in [1.165, 1.54) is 11.1 Å². The lowest BCUT2D eigenvalue weighted by Crippen LogP contribution is -1.94. The monoisotopic (exact) mass is 392 g/mol. The Balaban J connectivity index is 0.000000158. The summed E-state index contributed by atoms with van der Waals surface area (Å²) in [5, 5.41) is 0. The van der Waals surface area contributed by atoms with Crippen LogP contribution in [0.2, 0.25) is 0 Å². The Morgan fingerprint density at radius 2 is 1.07 bits per heavy atom. The molecule has 2 heterocycles. The van der Waals surface area contributed by atoms with Crippen LogP contribution < -0.4 is 0 Å². The van der Waals surface area contributed by atoms with Crippen LogP contribution in [0, 0.1) is 0 Å². The Labute approximate surface area is 177 Å². The molecule has 0 unspecified atom stereocenters. The standard InChI is InChI=1S/C16H14N2.C10H10N2/c1-18-15(13-8-4-2-5-9-13)12-17-16(18)14-10-6-3-7-11-14;1-12-8-11-7-10(12)9-5-3-2-4-6-9/h2-12H,1H3;2-8H,1H3. The molecule has 0 aliphatic carbocycles. The van der Waals surface area contributed by atoms with Crippen LogP contribution in [0.15, 0.2) is 110 Å². The molecule has 5 rings (SSSR count). The highest BCUT2D eigenvalue weighted by Gasteiger charge is 2.09. The van der Waals surface area contributed by atoms with Crippen LogP contribution >= 0.6 is 0 Å². The van der Waals surface area contributed by atoms with Crippen molar-refractivity contribution in [2.45, 2.75) is 0 Å². The second-order valence-electron chi connectivity index (χ2n) is 7.01. The summed E-state index contributed by atoms with van der Waals surface area (Å²) in [6.07, 6.45) is 5.61. The van der Waals surface area contributed by atoms with Gasteiger partial charge < -0.3 is 9.13 Å². The predicted molar refractivity (Wildman–Crippen MR) is 123 cm³/mol. The molecule has 0 bridgehead atoms. The average Bonchev–Trinajstić information content (AvgIpc) is 3.41. The molecule has 4 nitrogen and oxygen atoms in total. The van der Waals surface area contributed by atoms with Crippen molar-refractivity contribution in [3.05, 3.63) is 110 Å². The maximum atomic E-state index is 4.53. The van der Waals surface area contributed by atoms with Crippen molar-refractivity contribution in [1.82, 2.24) is 19.1 Å². The Morgan fingerprint density at radius 3 is 1.57 bits per heavy atom. The van der Waals surface area contributed by atoms with Gasteiger partial charge in [0.25, 0.3) is 0 Å². The van der Waals surface area contributed by atoms with Gasteiger partial charge in [-0.25, -0.2) is 9.97 Å².